The first kappa shape index (κ1) is 17.3. The molecule has 1 aromatic heterocycles. The molecule has 126 valence electrons. The molecule has 9 heteroatoms. The lowest BCUT2D eigenvalue weighted by molar-refractivity contribution is 0.0495. The predicted octanol–water partition coefficient (Wildman–Crippen LogP) is 3.82. The minimum Gasteiger partial charge on any atom is -0.444 e. The second kappa shape index (κ2) is 7.47. The van der Waals surface area contributed by atoms with E-state index in [-0.39, 0.29) is 11.9 Å². The number of rotatable bonds is 5. The van der Waals surface area contributed by atoms with Crippen LogP contribution in [0.2, 0.25) is 0 Å². The number of nitrogens with one attached hydrogen (secondary N) is 1. The lowest BCUT2D eigenvalue weighted by atomic mass is 10.1. The molecule has 9 nitrogen and oxygen atoms in total. The Kier molecular flexibility index (Phi) is 5.39. The molecule has 1 heterocycles. The van der Waals surface area contributed by atoms with Crippen LogP contribution in [0.15, 0.2) is 39.9 Å². The third kappa shape index (κ3) is 5.29. The maximum atomic E-state index is 12.1. The standard InChI is InChI=1S/C15H18N6O3/c1-15(2,3)24-14(22)17-11(9-10-7-5-4-6-8-10)12-18-19-13(23-12)20-21-16/h4-8,11H,9H2,1-3H3,(H,17,22)/t11-/m0/s1. The summed E-state index contributed by atoms with van der Waals surface area (Å²) in [6.45, 7) is 5.31. The van der Waals surface area contributed by atoms with E-state index in [1.165, 1.54) is 0 Å². The molecule has 0 aliphatic heterocycles. The maximum absolute atomic E-state index is 12.1. The topological polar surface area (TPSA) is 126 Å². The second-order valence-electron chi connectivity index (χ2n) is 6.00. The van der Waals surface area contributed by atoms with Gasteiger partial charge in [-0.05, 0) is 31.9 Å². The van der Waals surface area contributed by atoms with E-state index in [1.54, 1.807) is 20.8 Å². The van der Waals surface area contributed by atoms with Gasteiger partial charge in [0.2, 0.25) is 5.89 Å². The third-order valence-electron chi connectivity index (χ3n) is 2.83. The minimum atomic E-state index is -0.632. The third-order valence-corrected chi connectivity index (χ3v) is 2.83. The van der Waals surface area contributed by atoms with Gasteiger partial charge in [0.05, 0.1) is 0 Å². The van der Waals surface area contributed by atoms with Crippen molar-refractivity contribution in [2.45, 2.75) is 38.8 Å². The van der Waals surface area contributed by atoms with Crippen molar-refractivity contribution < 1.29 is 13.9 Å². The lowest BCUT2D eigenvalue weighted by Gasteiger charge is -2.22. The van der Waals surface area contributed by atoms with E-state index >= 15 is 0 Å². The van der Waals surface area contributed by atoms with Gasteiger partial charge in [-0.25, -0.2) is 4.79 Å². The fourth-order valence-electron chi connectivity index (χ4n) is 1.95. The molecule has 0 aliphatic carbocycles. The molecule has 1 amide bonds. The van der Waals surface area contributed by atoms with Crippen LogP contribution in [0.3, 0.4) is 0 Å². The number of nitrogens with zero attached hydrogens (tertiary/aromatic N) is 5. The largest absolute Gasteiger partial charge is 0.444 e. The number of aromatic nitrogens is 2. The Balaban J connectivity index is 2.20. The van der Waals surface area contributed by atoms with Gasteiger partial charge in [-0.1, -0.05) is 30.3 Å². The van der Waals surface area contributed by atoms with E-state index in [0.29, 0.717) is 6.42 Å². The highest BCUT2D eigenvalue weighted by Crippen LogP contribution is 2.21. The Bertz CT molecular complexity index is 731. The van der Waals surface area contributed by atoms with Gasteiger partial charge < -0.3 is 14.5 Å². The summed E-state index contributed by atoms with van der Waals surface area (Å²) in [7, 11) is 0. The normalized spacial score (nSPS) is 12.1. The van der Waals surface area contributed by atoms with Crippen LogP contribution >= 0.6 is 0 Å². The number of hydrogen-bond donors (Lipinski definition) is 1. The van der Waals surface area contributed by atoms with Gasteiger partial charge in [0, 0.05) is 16.4 Å². The Morgan fingerprint density at radius 3 is 2.71 bits per heavy atom. The summed E-state index contributed by atoms with van der Waals surface area (Å²) in [5, 5.41) is 13.4. The molecule has 0 radical (unpaired) electrons. The zero-order valence-corrected chi connectivity index (χ0v) is 13.6. The van der Waals surface area contributed by atoms with Gasteiger partial charge in [0.25, 0.3) is 0 Å². The average Bonchev–Trinajstić information content (AvgIpc) is 2.95. The summed E-state index contributed by atoms with van der Waals surface area (Å²) < 4.78 is 10.5. The van der Waals surface area contributed by atoms with E-state index in [9.17, 15) is 4.79 Å². The number of hydrogen-bond acceptors (Lipinski definition) is 6. The fraction of sp³-hybridized carbons (Fsp3) is 0.400. The summed E-state index contributed by atoms with van der Waals surface area (Å²) in [6, 6.07) is 8.67. The molecule has 1 aromatic carbocycles. The van der Waals surface area contributed by atoms with Crippen LogP contribution in [0.4, 0.5) is 10.8 Å². The number of alkyl carbamates (subject to hydrolysis) is 1. The molecule has 1 atom stereocenters. The number of benzene rings is 1. The number of carbonyl (C=O) groups excluding carboxylic acids is 1. The van der Waals surface area contributed by atoms with Crippen molar-refractivity contribution in [3.8, 4) is 0 Å². The van der Waals surface area contributed by atoms with E-state index in [2.05, 4.69) is 25.5 Å². The quantitative estimate of drug-likeness (QED) is 0.506. The molecular weight excluding hydrogens is 312 g/mol. The molecular formula is C15H18N6O3. The first-order valence-electron chi connectivity index (χ1n) is 7.29. The average molecular weight is 330 g/mol. The Hall–Kier alpha value is -3.06. The molecule has 0 saturated heterocycles. The van der Waals surface area contributed by atoms with E-state index in [1.807, 2.05) is 30.3 Å². The lowest BCUT2D eigenvalue weighted by Crippen LogP contribution is -2.36. The van der Waals surface area contributed by atoms with Crippen molar-refractivity contribution in [2.24, 2.45) is 5.11 Å². The van der Waals surface area contributed by atoms with Gasteiger partial charge in [-0.15, -0.1) is 10.2 Å². The van der Waals surface area contributed by atoms with Crippen molar-refractivity contribution in [3.05, 3.63) is 52.2 Å². The second-order valence-corrected chi connectivity index (χ2v) is 6.00. The molecule has 0 saturated carbocycles. The highest BCUT2D eigenvalue weighted by molar-refractivity contribution is 5.68. The smallest absolute Gasteiger partial charge is 0.408 e. The van der Waals surface area contributed by atoms with E-state index in [4.69, 9.17) is 14.7 Å². The molecule has 0 unspecified atom stereocenters. The van der Waals surface area contributed by atoms with Crippen LogP contribution in [0, 0.1) is 0 Å². The van der Waals surface area contributed by atoms with Crippen molar-refractivity contribution in [2.75, 3.05) is 0 Å². The van der Waals surface area contributed by atoms with Crippen LogP contribution in [-0.2, 0) is 11.2 Å². The van der Waals surface area contributed by atoms with Crippen LogP contribution in [0.1, 0.15) is 38.3 Å². The molecule has 0 fully saturated rings. The molecule has 2 aromatic rings. The van der Waals surface area contributed by atoms with Gasteiger partial charge in [-0.2, -0.15) is 0 Å². The van der Waals surface area contributed by atoms with Crippen LogP contribution in [0.25, 0.3) is 10.4 Å². The zero-order valence-electron chi connectivity index (χ0n) is 13.6. The Morgan fingerprint density at radius 2 is 2.08 bits per heavy atom. The first-order chi connectivity index (χ1) is 11.4. The molecule has 0 bridgehead atoms. The molecule has 1 N–H and O–H groups in total. The van der Waals surface area contributed by atoms with Crippen molar-refractivity contribution >= 4 is 12.1 Å². The number of carbonyl (C=O) groups is 1. The zero-order chi connectivity index (χ0) is 17.6. The maximum Gasteiger partial charge on any atom is 0.408 e. The molecule has 0 aliphatic rings. The number of azide groups is 1. The van der Waals surface area contributed by atoms with Gasteiger partial charge in [0.1, 0.15) is 11.6 Å². The van der Waals surface area contributed by atoms with Gasteiger partial charge >= 0.3 is 12.1 Å². The van der Waals surface area contributed by atoms with Gasteiger partial charge in [0.15, 0.2) is 0 Å². The van der Waals surface area contributed by atoms with Crippen molar-refractivity contribution in [1.29, 1.82) is 0 Å². The summed E-state index contributed by atoms with van der Waals surface area (Å²) >= 11 is 0. The highest BCUT2D eigenvalue weighted by Gasteiger charge is 2.24. The number of ether oxygens (including phenoxy) is 1. The highest BCUT2D eigenvalue weighted by atomic mass is 16.6. The van der Waals surface area contributed by atoms with Crippen molar-refractivity contribution in [1.82, 2.24) is 15.5 Å². The summed E-state index contributed by atoms with van der Waals surface area (Å²) in [5.74, 6) is 0.132. The Labute approximate surface area is 138 Å². The van der Waals surface area contributed by atoms with E-state index < -0.39 is 17.7 Å². The molecule has 2 rings (SSSR count). The molecule has 0 spiro atoms. The predicted molar refractivity (Wildman–Crippen MR) is 85.4 cm³/mol. The first-order valence-corrected chi connectivity index (χ1v) is 7.29. The van der Waals surface area contributed by atoms with Crippen molar-refractivity contribution in [3.63, 3.8) is 0 Å². The fourth-order valence-corrected chi connectivity index (χ4v) is 1.95. The summed E-state index contributed by atoms with van der Waals surface area (Å²) in [6.07, 6.45) is -0.190. The summed E-state index contributed by atoms with van der Waals surface area (Å²) in [5.41, 5.74) is 8.74. The monoisotopic (exact) mass is 330 g/mol. The van der Waals surface area contributed by atoms with Crippen LogP contribution in [0.5, 0.6) is 0 Å². The number of amides is 1. The minimum absolute atomic E-state index is 0.132. The van der Waals surface area contributed by atoms with Crippen LogP contribution < -0.4 is 5.32 Å². The summed E-state index contributed by atoms with van der Waals surface area (Å²) in [4.78, 5) is 14.6. The SMILES string of the molecule is CC(C)(C)OC(=O)N[C@@H](Cc1ccccc1)c1nnc(N=[N+]=[N-])o1. The van der Waals surface area contributed by atoms with Crippen LogP contribution in [-0.4, -0.2) is 21.9 Å². The van der Waals surface area contributed by atoms with E-state index in [0.717, 1.165) is 5.56 Å². The Morgan fingerprint density at radius 1 is 1.38 bits per heavy atom. The molecule has 24 heavy (non-hydrogen) atoms. The van der Waals surface area contributed by atoms with Gasteiger partial charge in [-0.3, -0.25) is 0 Å².